The minimum atomic E-state index is -0.878. The summed E-state index contributed by atoms with van der Waals surface area (Å²) in [5, 5.41) is 8.58. The van der Waals surface area contributed by atoms with Gasteiger partial charge in [-0.15, -0.1) is 0 Å². The smallest absolute Gasteiger partial charge is 0.325 e. The number of aliphatic carboxylic acids is 1. The first-order valence-corrected chi connectivity index (χ1v) is 6.84. The lowest BCUT2D eigenvalue weighted by Gasteiger charge is -2.27. The topological polar surface area (TPSA) is 87.2 Å². The second-order valence-corrected chi connectivity index (χ2v) is 4.87. The summed E-state index contributed by atoms with van der Waals surface area (Å²) >= 11 is 0. The van der Waals surface area contributed by atoms with E-state index in [0.29, 0.717) is 19.6 Å². The number of ether oxygens (including phenoxy) is 1. The molecule has 20 heavy (non-hydrogen) atoms. The van der Waals surface area contributed by atoms with Gasteiger partial charge in [0.2, 0.25) is 0 Å². The van der Waals surface area contributed by atoms with Gasteiger partial charge in [0.15, 0.2) is 0 Å². The van der Waals surface area contributed by atoms with Crippen LogP contribution in [0, 0.1) is 0 Å². The predicted octanol–water partition coefficient (Wildman–Crippen LogP) is 0.930. The maximum Gasteiger partial charge on any atom is 0.325 e. The second kappa shape index (κ2) is 7.72. The molecule has 7 heteroatoms. The molecule has 1 saturated carbocycles. The van der Waals surface area contributed by atoms with Crippen molar-refractivity contribution in [2.45, 2.75) is 38.6 Å². The number of amides is 2. The third kappa shape index (κ3) is 5.46. The van der Waals surface area contributed by atoms with Gasteiger partial charge in [0, 0.05) is 26.1 Å². The lowest BCUT2D eigenvalue weighted by atomic mass is 10.3. The Hall–Kier alpha value is -1.79. The molecule has 7 nitrogen and oxygen atoms in total. The molecule has 0 radical (unpaired) electrons. The van der Waals surface area contributed by atoms with Gasteiger partial charge in [-0.1, -0.05) is 0 Å². The predicted molar refractivity (Wildman–Crippen MR) is 71.3 cm³/mol. The van der Waals surface area contributed by atoms with Gasteiger partial charge < -0.3 is 19.6 Å². The minimum absolute atomic E-state index is 0.0267. The lowest BCUT2D eigenvalue weighted by molar-refractivity contribution is -0.144. The molecule has 1 fully saturated rings. The molecule has 1 aliphatic carbocycles. The van der Waals surface area contributed by atoms with Crippen LogP contribution in [0.5, 0.6) is 0 Å². The van der Waals surface area contributed by atoms with Gasteiger partial charge in [0.1, 0.15) is 6.54 Å². The van der Waals surface area contributed by atoms with Gasteiger partial charge in [-0.3, -0.25) is 9.59 Å². The van der Waals surface area contributed by atoms with Crippen molar-refractivity contribution in [1.29, 1.82) is 0 Å². The Bertz CT molecular complexity index is 368. The Morgan fingerprint density at radius 2 is 1.95 bits per heavy atom. The molecular weight excluding hydrogens is 264 g/mol. The van der Waals surface area contributed by atoms with Crippen LogP contribution in [0.2, 0.25) is 0 Å². The van der Waals surface area contributed by atoms with Crippen molar-refractivity contribution in [2.24, 2.45) is 0 Å². The molecule has 0 aromatic carbocycles. The van der Waals surface area contributed by atoms with Crippen LogP contribution in [-0.2, 0) is 14.3 Å². The lowest BCUT2D eigenvalue weighted by Crippen LogP contribution is -2.45. The molecule has 0 atom stereocenters. The van der Waals surface area contributed by atoms with E-state index in [0.717, 1.165) is 12.8 Å². The van der Waals surface area contributed by atoms with Crippen molar-refractivity contribution in [3.05, 3.63) is 0 Å². The first-order valence-electron chi connectivity index (χ1n) is 6.84. The zero-order chi connectivity index (χ0) is 15.1. The van der Waals surface area contributed by atoms with Crippen LogP contribution in [0.25, 0.3) is 0 Å². The van der Waals surface area contributed by atoms with Crippen molar-refractivity contribution >= 4 is 18.0 Å². The number of nitrogens with zero attached hydrogens (tertiary/aromatic N) is 2. The van der Waals surface area contributed by atoms with Crippen LogP contribution in [-0.4, -0.2) is 65.7 Å². The van der Waals surface area contributed by atoms with Crippen molar-refractivity contribution in [1.82, 2.24) is 9.80 Å². The standard InChI is InChI=1S/C13H22N2O5/c1-3-20-12(18)9-15(10-6-7-10)13(19)14(2)8-4-5-11(16)17/h10H,3-9H2,1-2H3,(H,16,17). The molecule has 0 bridgehead atoms. The van der Waals surface area contributed by atoms with E-state index in [1.807, 2.05) is 0 Å². The molecule has 0 saturated heterocycles. The Kier molecular flexibility index (Phi) is 6.27. The Morgan fingerprint density at radius 1 is 1.30 bits per heavy atom. The quantitative estimate of drug-likeness (QED) is 0.671. The molecular formula is C13H22N2O5. The maximum atomic E-state index is 12.2. The number of rotatable bonds is 8. The fourth-order valence-corrected chi connectivity index (χ4v) is 1.87. The van der Waals surface area contributed by atoms with E-state index in [1.165, 1.54) is 9.80 Å². The van der Waals surface area contributed by atoms with Gasteiger partial charge in [-0.25, -0.2) is 4.79 Å². The number of urea groups is 1. The third-order valence-electron chi connectivity index (χ3n) is 3.05. The van der Waals surface area contributed by atoms with E-state index in [9.17, 15) is 14.4 Å². The van der Waals surface area contributed by atoms with Gasteiger partial charge in [-0.2, -0.15) is 0 Å². The fourth-order valence-electron chi connectivity index (χ4n) is 1.87. The van der Waals surface area contributed by atoms with E-state index < -0.39 is 11.9 Å². The fraction of sp³-hybridized carbons (Fsp3) is 0.769. The van der Waals surface area contributed by atoms with E-state index in [4.69, 9.17) is 9.84 Å². The number of esters is 1. The van der Waals surface area contributed by atoms with E-state index in [-0.39, 0.29) is 25.0 Å². The summed E-state index contributed by atoms with van der Waals surface area (Å²) in [6.45, 7) is 2.33. The van der Waals surface area contributed by atoms with Crippen molar-refractivity contribution < 1.29 is 24.2 Å². The van der Waals surface area contributed by atoms with E-state index in [1.54, 1.807) is 14.0 Å². The SMILES string of the molecule is CCOC(=O)CN(C(=O)N(C)CCCC(=O)O)C1CC1. The van der Waals surface area contributed by atoms with Crippen LogP contribution in [0.15, 0.2) is 0 Å². The Morgan fingerprint density at radius 3 is 2.45 bits per heavy atom. The van der Waals surface area contributed by atoms with Crippen LogP contribution in [0.3, 0.4) is 0 Å². The van der Waals surface area contributed by atoms with Gasteiger partial charge >= 0.3 is 18.0 Å². The monoisotopic (exact) mass is 286 g/mol. The van der Waals surface area contributed by atoms with Crippen molar-refractivity contribution in [3.63, 3.8) is 0 Å². The molecule has 114 valence electrons. The Balaban J connectivity index is 2.46. The summed E-state index contributed by atoms with van der Waals surface area (Å²) in [4.78, 5) is 37.2. The zero-order valence-electron chi connectivity index (χ0n) is 12.0. The molecule has 1 rings (SSSR count). The summed E-state index contributed by atoms with van der Waals surface area (Å²) in [5.74, 6) is -1.29. The van der Waals surface area contributed by atoms with Crippen LogP contribution >= 0.6 is 0 Å². The Labute approximate surface area is 118 Å². The van der Waals surface area contributed by atoms with Gasteiger partial charge in [0.25, 0.3) is 0 Å². The maximum absolute atomic E-state index is 12.2. The molecule has 0 unspecified atom stereocenters. The number of carboxylic acid groups (broad SMARTS) is 1. The molecule has 0 aromatic rings. The highest BCUT2D eigenvalue weighted by Crippen LogP contribution is 2.27. The zero-order valence-corrected chi connectivity index (χ0v) is 12.0. The number of carbonyl (C=O) groups excluding carboxylic acids is 2. The number of carbonyl (C=O) groups is 3. The third-order valence-corrected chi connectivity index (χ3v) is 3.05. The van der Waals surface area contributed by atoms with Crippen molar-refractivity contribution in [2.75, 3.05) is 26.7 Å². The first-order chi connectivity index (χ1) is 9.45. The summed E-state index contributed by atoms with van der Waals surface area (Å²) in [5.41, 5.74) is 0. The van der Waals surface area contributed by atoms with Gasteiger partial charge in [0.05, 0.1) is 6.61 Å². The summed E-state index contributed by atoms with van der Waals surface area (Å²) in [6, 6.07) is -0.139. The van der Waals surface area contributed by atoms with Crippen LogP contribution < -0.4 is 0 Å². The summed E-state index contributed by atoms with van der Waals surface area (Å²) < 4.78 is 4.86. The largest absolute Gasteiger partial charge is 0.481 e. The highest BCUT2D eigenvalue weighted by atomic mass is 16.5. The van der Waals surface area contributed by atoms with E-state index >= 15 is 0 Å². The second-order valence-electron chi connectivity index (χ2n) is 4.87. The number of hydrogen-bond donors (Lipinski definition) is 1. The van der Waals surface area contributed by atoms with E-state index in [2.05, 4.69) is 0 Å². The molecule has 1 aliphatic rings. The number of carboxylic acids is 1. The normalized spacial score (nSPS) is 13.7. The molecule has 0 aliphatic heterocycles. The van der Waals surface area contributed by atoms with Crippen LogP contribution in [0.4, 0.5) is 4.79 Å². The molecule has 0 spiro atoms. The molecule has 1 N–H and O–H groups in total. The highest BCUT2D eigenvalue weighted by molar-refractivity contribution is 5.81. The minimum Gasteiger partial charge on any atom is -0.481 e. The first kappa shape index (κ1) is 16.3. The summed E-state index contributed by atoms with van der Waals surface area (Å²) in [7, 11) is 1.62. The van der Waals surface area contributed by atoms with Crippen LogP contribution in [0.1, 0.15) is 32.6 Å². The average Bonchev–Trinajstić information content (AvgIpc) is 3.19. The number of hydrogen-bond acceptors (Lipinski definition) is 4. The summed E-state index contributed by atoms with van der Waals surface area (Å²) in [6.07, 6.45) is 2.22. The highest BCUT2D eigenvalue weighted by Gasteiger charge is 2.35. The molecule has 0 heterocycles. The molecule has 2 amide bonds. The molecule has 0 aromatic heterocycles. The van der Waals surface area contributed by atoms with Gasteiger partial charge in [-0.05, 0) is 26.2 Å². The average molecular weight is 286 g/mol. The van der Waals surface area contributed by atoms with Crippen molar-refractivity contribution in [3.8, 4) is 0 Å².